The van der Waals surface area contributed by atoms with Crippen molar-refractivity contribution in [2.24, 2.45) is 0 Å². The van der Waals surface area contributed by atoms with Crippen LogP contribution < -0.4 is 10.6 Å². The molecule has 1 aromatic heterocycles. The lowest BCUT2D eigenvalue weighted by atomic mass is 10.2. The second-order valence-electron chi connectivity index (χ2n) is 4.56. The first-order chi connectivity index (χ1) is 9.72. The Bertz CT molecular complexity index is 624. The summed E-state index contributed by atoms with van der Waals surface area (Å²) in [6.07, 6.45) is 2.21. The zero-order valence-corrected chi connectivity index (χ0v) is 12.2. The third-order valence-electron chi connectivity index (χ3n) is 3.11. The lowest BCUT2D eigenvalue weighted by molar-refractivity contribution is 0.102. The average Bonchev–Trinajstić information content (AvgIpc) is 3.08. The van der Waals surface area contributed by atoms with Crippen LogP contribution in [0.5, 0.6) is 0 Å². The summed E-state index contributed by atoms with van der Waals surface area (Å²) in [6.45, 7) is 1.01. The van der Waals surface area contributed by atoms with Gasteiger partial charge in [0.2, 0.25) is 5.13 Å². The Morgan fingerprint density at radius 2 is 2.35 bits per heavy atom. The Morgan fingerprint density at radius 3 is 3.10 bits per heavy atom. The van der Waals surface area contributed by atoms with Crippen molar-refractivity contribution in [3.8, 4) is 0 Å². The van der Waals surface area contributed by atoms with Gasteiger partial charge in [-0.3, -0.25) is 10.1 Å². The van der Waals surface area contributed by atoms with Crippen LogP contribution in [0, 0.1) is 0 Å². The van der Waals surface area contributed by atoms with Crippen LogP contribution in [-0.4, -0.2) is 22.6 Å². The minimum Gasteiger partial charge on any atom is -0.308 e. The van der Waals surface area contributed by atoms with Gasteiger partial charge in [0, 0.05) is 10.6 Å². The molecule has 0 saturated carbocycles. The fourth-order valence-corrected chi connectivity index (χ4v) is 3.16. The molecule has 1 atom stereocenters. The van der Waals surface area contributed by atoms with E-state index in [-0.39, 0.29) is 11.9 Å². The van der Waals surface area contributed by atoms with Gasteiger partial charge in [-0.1, -0.05) is 29.0 Å². The van der Waals surface area contributed by atoms with E-state index in [1.54, 1.807) is 24.3 Å². The second-order valence-corrected chi connectivity index (χ2v) is 6.00. The Hall–Kier alpha value is -1.50. The molecule has 1 aromatic carbocycles. The third-order valence-corrected chi connectivity index (χ3v) is 4.29. The first-order valence-electron chi connectivity index (χ1n) is 6.36. The van der Waals surface area contributed by atoms with Crippen molar-refractivity contribution in [3.63, 3.8) is 0 Å². The van der Waals surface area contributed by atoms with E-state index < -0.39 is 0 Å². The minimum absolute atomic E-state index is 0.227. The molecule has 20 heavy (non-hydrogen) atoms. The Labute approximate surface area is 125 Å². The molecule has 0 radical (unpaired) electrons. The molecule has 1 aliphatic rings. The Morgan fingerprint density at radius 1 is 1.45 bits per heavy atom. The van der Waals surface area contributed by atoms with Crippen molar-refractivity contribution in [2.45, 2.75) is 18.9 Å². The molecule has 3 rings (SSSR count). The second kappa shape index (κ2) is 5.87. The van der Waals surface area contributed by atoms with Crippen LogP contribution >= 0.6 is 22.9 Å². The maximum absolute atomic E-state index is 12.1. The highest BCUT2D eigenvalue weighted by Gasteiger charge is 2.21. The number of aromatic nitrogens is 2. The van der Waals surface area contributed by atoms with E-state index in [1.807, 2.05) is 0 Å². The van der Waals surface area contributed by atoms with Crippen molar-refractivity contribution in [1.82, 2.24) is 15.5 Å². The Balaban J connectivity index is 1.70. The Kier molecular flexibility index (Phi) is 3.95. The highest BCUT2D eigenvalue weighted by atomic mass is 35.5. The molecule has 2 aromatic rings. The molecule has 0 spiro atoms. The lowest BCUT2D eigenvalue weighted by Gasteiger charge is -2.03. The first-order valence-corrected chi connectivity index (χ1v) is 7.55. The number of nitrogens with one attached hydrogen (secondary N) is 2. The zero-order chi connectivity index (χ0) is 13.9. The molecule has 1 aliphatic heterocycles. The van der Waals surface area contributed by atoms with Crippen LogP contribution in [0.15, 0.2) is 24.3 Å². The highest BCUT2D eigenvalue weighted by Crippen LogP contribution is 2.28. The fraction of sp³-hybridized carbons (Fsp3) is 0.308. The van der Waals surface area contributed by atoms with Gasteiger partial charge in [-0.2, -0.15) is 0 Å². The molecule has 5 nitrogen and oxygen atoms in total. The summed E-state index contributed by atoms with van der Waals surface area (Å²) < 4.78 is 0. The standard InChI is InChI=1S/C13H13ClN4OS/c14-9-4-1-3-8(7-9)11(19)16-13-18-17-12(20-13)10-5-2-6-15-10/h1,3-4,7,10,15H,2,5-6H2,(H,16,18,19). The number of benzene rings is 1. The number of carbonyl (C=O) groups is 1. The van der Waals surface area contributed by atoms with Gasteiger partial charge >= 0.3 is 0 Å². The van der Waals surface area contributed by atoms with Gasteiger partial charge in [0.05, 0.1) is 6.04 Å². The quantitative estimate of drug-likeness (QED) is 0.915. The van der Waals surface area contributed by atoms with E-state index in [1.165, 1.54) is 11.3 Å². The van der Waals surface area contributed by atoms with Crippen LogP contribution in [0.3, 0.4) is 0 Å². The molecule has 0 bridgehead atoms. The summed E-state index contributed by atoms with van der Waals surface area (Å²) in [5.41, 5.74) is 0.508. The maximum Gasteiger partial charge on any atom is 0.257 e. The van der Waals surface area contributed by atoms with Crippen LogP contribution in [0.25, 0.3) is 0 Å². The van der Waals surface area contributed by atoms with Gasteiger partial charge < -0.3 is 5.32 Å². The van der Waals surface area contributed by atoms with E-state index in [2.05, 4.69) is 20.8 Å². The van der Waals surface area contributed by atoms with Crippen LogP contribution in [0.2, 0.25) is 5.02 Å². The molecular weight excluding hydrogens is 296 g/mol. The number of carbonyl (C=O) groups excluding carboxylic acids is 1. The highest BCUT2D eigenvalue weighted by molar-refractivity contribution is 7.15. The summed E-state index contributed by atoms with van der Waals surface area (Å²) in [4.78, 5) is 12.1. The van der Waals surface area contributed by atoms with E-state index in [0.29, 0.717) is 15.7 Å². The van der Waals surface area contributed by atoms with E-state index >= 15 is 0 Å². The van der Waals surface area contributed by atoms with E-state index in [0.717, 1.165) is 24.4 Å². The predicted molar refractivity (Wildman–Crippen MR) is 79.3 cm³/mol. The lowest BCUT2D eigenvalue weighted by Crippen LogP contribution is -2.12. The number of anilines is 1. The number of hydrogen-bond donors (Lipinski definition) is 2. The molecular formula is C13H13ClN4OS. The molecule has 7 heteroatoms. The van der Waals surface area contributed by atoms with Crippen LogP contribution in [-0.2, 0) is 0 Å². The van der Waals surface area contributed by atoms with Crippen molar-refractivity contribution in [3.05, 3.63) is 39.9 Å². The summed E-state index contributed by atoms with van der Waals surface area (Å²) in [5, 5.41) is 16.2. The summed E-state index contributed by atoms with van der Waals surface area (Å²) in [6, 6.07) is 7.07. The fourth-order valence-electron chi connectivity index (χ4n) is 2.12. The largest absolute Gasteiger partial charge is 0.308 e. The molecule has 1 amide bonds. The summed E-state index contributed by atoms with van der Waals surface area (Å²) >= 11 is 7.28. The number of hydrogen-bond acceptors (Lipinski definition) is 5. The molecule has 1 saturated heterocycles. The molecule has 2 heterocycles. The van der Waals surface area contributed by atoms with Crippen molar-refractivity contribution >= 4 is 34.0 Å². The molecule has 104 valence electrons. The molecule has 1 unspecified atom stereocenters. The number of amides is 1. The summed E-state index contributed by atoms with van der Waals surface area (Å²) in [7, 11) is 0. The third kappa shape index (κ3) is 2.98. The maximum atomic E-state index is 12.1. The van der Waals surface area contributed by atoms with E-state index in [4.69, 9.17) is 11.6 Å². The zero-order valence-electron chi connectivity index (χ0n) is 10.6. The predicted octanol–water partition coefficient (Wildman–Crippen LogP) is 2.87. The van der Waals surface area contributed by atoms with Gasteiger partial charge in [-0.15, -0.1) is 10.2 Å². The summed E-state index contributed by atoms with van der Waals surface area (Å²) in [5.74, 6) is -0.227. The van der Waals surface area contributed by atoms with Gasteiger partial charge in [-0.25, -0.2) is 0 Å². The normalized spacial score (nSPS) is 18.1. The molecule has 2 N–H and O–H groups in total. The smallest absolute Gasteiger partial charge is 0.257 e. The SMILES string of the molecule is O=C(Nc1nnc(C2CCCN2)s1)c1cccc(Cl)c1. The van der Waals surface area contributed by atoms with Crippen LogP contribution in [0.1, 0.15) is 34.2 Å². The number of halogens is 1. The van der Waals surface area contributed by atoms with E-state index in [9.17, 15) is 4.79 Å². The monoisotopic (exact) mass is 308 g/mol. The minimum atomic E-state index is -0.227. The van der Waals surface area contributed by atoms with Crippen molar-refractivity contribution in [1.29, 1.82) is 0 Å². The van der Waals surface area contributed by atoms with Crippen molar-refractivity contribution < 1.29 is 4.79 Å². The molecule has 1 fully saturated rings. The van der Waals surface area contributed by atoms with Crippen LogP contribution in [0.4, 0.5) is 5.13 Å². The van der Waals surface area contributed by atoms with Crippen molar-refractivity contribution in [2.75, 3.05) is 11.9 Å². The van der Waals surface area contributed by atoms with Gasteiger partial charge in [0.1, 0.15) is 5.01 Å². The van der Waals surface area contributed by atoms with Gasteiger partial charge in [0.25, 0.3) is 5.91 Å². The molecule has 0 aliphatic carbocycles. The van der Waals surface area contributed by atoms with Gasteiger partial charge in [0.15, 0.2) is 0 Å². The number of nitrogens with zero attached hydrogens (tertiary/aromatic N) is 2. The van der Waals surface area contributed by atoms with Gasteiger partial charge in [-0.05, 0) is 37.6 Å². The topological polar surface area (TPSA) is 66.9 Å². The average molecular weight is 309 g/mol. The number of rotatable bonds is 3. The first kappa shape index (κ1) is 13.5.